The van der Waals surface area contributed by atoms with Crippen molar-refractivity contribution in [3.05, 3.63) is 12.4 Å². The Balaban J connectivity index is 1.53. The van der Waals surface area contributed by atoms with E-state index >= 15 is 0 Å². The predicted octanol–water partition coefficient (Wildman–Crippen LogP) is 1.92. The van der Waals surface area contributed by atoms with E-state index in [-0.39, 0.29) is 0 Å². The fourth-order valence-electron chi connectivity index (χ4n) is 3.10. The van der Waals surface area contributed by atoms with Crippen molar-refractivity contribution in [2.24, 2.45) is 10.9 Å². The maximum Gasteiger partial charge on any atom is 0.157 e. The van der Waals surface area contributed by atoms with E-state index in [1.807, 2.05) is 22.6 Å². The average molecular weight is 279 g/mol. The number of thioether (sulfide) groups is 1. The molecular formula is C13H21N5S. The highest BCUT2D eigenvalue weighted by atomic mass is 32.2. The van der Waals surface area contributed by atoms with Crippen LogP contribution in [0.3, 0.4) is 0 Å². The SMILES string of the molecule is CC1CCCC2(CSC(=NCCn3ccnn3)N2)C1. The fourth-order valence-corrected chi connectivity index (χ4v) is 4.32. The quantitative estimate of drug-likeness (QED) is 0.918. The van der Waals surface area contributed by atoms with Gasteiger partial charge in [-0.05, 0) is 18.8 Å². The summed E-state index contributed by atoms with van der Waals surface area (Å²) in [5.41, 5.74) is 0.328. The van der Waals surface area contributed by atoms with Crippen molar-refractivity contribution in [1.82, 2.24) is 20.3 Å². The lowest BCUT2D eigenvalue weighted by molar-refractivity contribution is 0.242. The predicted molar refractivity (Wildman–Crippen MR) is 78.3 cm³/mol. The summed E-state index contributed by atoms with van der Waals surface area (Å²) in [7, 11) is 0. The van der Waals surface area contributed by atoms with Crippen molar-refractivity contribution in [1.29, 1.82) is 0 Å². The van der Waals surface area contributed by atoms with Crippen molar-refractivity contribution >= 4 is 16.9 Å². The molecule has 1 aliphatic carbocycles. The van der Waals surface area contributed by atoms with Gasteiger partial charge in [0.05, 0.1) is 19.3 Å². The van der Waals surface area contributed by atoms with Gasteiger partial charge in [0.25, 0.3) is 0 Å². The van der Waals surface area contributed by atoms with Crippen LogP contribution in [0.25, 0.3) is 0 Å². The molecule has 0 aromatic carbocycles. The first-order valence-corrected chi connectivity index (χ1v) is 8.04. The maximum atomic E-state index is 4.65. The first-order valence-electron chi connectivity index (χ1n) is 7.05. The minimum absolute atomic E-state index is 0.328. The van der Waals surface area contributed by atoms with Gasteiger partial charge in [-0.25, -0.2) is 0 Å². The van der Waals surface area contributed by atoms with Gasteiger partial charge in [-0.1, -0.05) is 36.7 Å². The Morgan fingerprint density at radius 3 is 3.37 bits per heavy atom. The third kappa shape index (κ3) is 3.11. The van der Waals surface area contributed by atoms with Crippen LogP contribution in [0.5, 0.6) is 0 Å². The van der Waals surface area contributed by atoms with Gasteiger partial charge in [0, 0.05) is 17.5 Å². The lowest BCUT2D eigenvalue weighted by Gasteiger charge is -2.36. The second kappa shape index (κ2) is 5.53. The molecule has 2 heterocycles. The molecule has 2 fully saturated rings. The Labute approximate surface area is 118 Å². The summed E-state index contributed by atoms with van der Waals surface area (Å²) >= 11 is 1.88. The number of hydrogen-bond acceptors (Lipinski definition) is 4. The zero-order valence-electron chi connectivity index (χ0n) is 11.4. The molecule has 0 radical (unpaired) electrons. The summed E-state index contributed by atoms with van der Waals surface area (Å²) in [5, 5.41) is 12.5. The molecule has 1 saturated heterocycles. The highest BCUT2D eigenvalue weighted by Crippen LogP contribution is 2.38. The number of nitrogens with one attached hydrogen (secondary N) is 1. The van der Waals surface area contributed by atoms with Crippen molar-refractivity contribution in [2.75, 3.05) is 12.3 Å². The Bertz CT molecular complexity index is 444. The van der Waals surface area contributed by atoms with Gasteiger partial charge < -0.3 is 5.32 Å². The molecule has 6 heteroatoms. The monoisotopic (exact) mass is 279 g/mol. The summed E-state index contributed by atoms with van der Waals surface area (Å²) in [4.78, 5) is 4.65. The zero-order chi connectivity index (χ0) is 13.1. The van der Waals surface area contributed by atoms with Crippen molar-refractivity contribution < 1.29 is 0 Å². The third-order valence-corrected chi connectivity index (χ3v) is 5.21. The molecule has 1 aliphatic heterocycles. The minimum atomic E-state index is 0.328. The molecule has 0 bridgehead atoms. The topological polar surface area (TPSA) is 55.1 Å². The number of amidine groups is 1. The maximum absolute atomic E-state index is 4.65. The standard InChI is InChI=1S/C13H21N5S/c1-11-3-2-4-13(9-11)10-19-12(16-13)14-5-7-18-8-6-15-17-18/h6,8,11H,2-5,7,9-10H2,1H3,(H,14,16). The van der Waals surface area contributed by atoms with Gasteiger partial charge >= 0.3 is 0 Å². The Kier molecular flexibility index (Phi) is 3.77. The molecule has 1 spiro atoms. The molecule has 5 nitrogen and oxygen atoms in total. The Morgan fingerprint density at radius 2 is 2.58 bits per heavy atom. The molecule has 3 rings (SSSR count). The molecule has 2 unspecified atom stereocenters. The molecule has 1 N–H and O–H groups in total. The number of rotatable bonds is 3. The average Bonchev–Trinajstić information content (AvgIpc) is 3.00. The van der Waals surface area contributed by atoms with Crippen LogP contribution >= 0.6 is 11.8 Å². The van der Waals surface area contributed by atoms with Gasteiger partial charge in [0.1, 0.15) is 0 Å². The summed E-state index contributed by atoms with van der Waals surface area (Å²) in [5.74, 6) is 2.02. The minimum Gasteiger partial charge on any atom is -0.359 e. The zero-order valence-corrected chi connectivity index (χ0v) is 12.2. The van der Waals surface area contributed by atoms with E-state index < -0.39 is 0 Å². The summed E-state index contributed by atoms with van der Waals surface area (Å²) in [6.45, 7) is 3.94. The fraction of sp³-hybridized carbons (Fsp3) is 0.769. The molecule has 1 aromatic heterocycles. The number of aromatic nitrogens is 3. The molecule has 1 saturated carbocycles. The van der Waals surface area contributed by atoms with E-state index in [4.69, 9.17) is 0 Å². The second-order valence-electron chi connectivity index (χ2n) is 5.75. The van der Waals surface area contributed by atoms with Crippen LogP contribution in [-0.2, 0) is 6.54 Å². The molecular weight excluding hydrogens is 258 g/mol. The Hall–Kier alpha value is -1.04. The summed E-state index contributed by atoms with van der Waals surface area (Å²) in [6.07, 6.45) is 8.90. The number of hydrogen-bond donors (Lipinski definition) is 1. The van der Waals surface area contributed by atoms with E-state index in [2.05, 4.69) is 27.5 Å². The summed E-state index contributed by atoms with van der Waals surface area (Å²) < 4.78 is 1.82. The molecule has 0 amide bonds. The van der Waals surface area contributed by atoms with Gasteiger partial charge in [0.2, 0.25) is 0 Å². The van der Waals surface area contributed by atoms with E-state index in [9.17, 15) is 0 Å². The van der Waals surface area contributed by atoms with Crippen LogP contribution in [-0.4, -0.2) is 38.0 Å². The number of nitrogens with zero attached hydrogens (tertiary/aromatic N) is 4. The highest BCUT2D eigenvalue weighted by Gasteiger charge is 2.40. The van der Waals surface area contributed by atoms with Crippen LogP contribution < -0.4 is 5.32 Å². The molecule has 2 aliphatic rings. The van der Waals surface area contributed by atoms with Gasteiger partial charge in [-0.3, -0.25) is 9.67 Å². The van der Waals surface area contributed by atoms with Crippen molar-refractivity contribution in [3.8, 4) is 0 Å². The van der Waals surface area contributed by atoms with Crippen LogP contribution in [0.15, 0.2) is 17.4 Å². The first kappa shape index (κ1) is 13.0. The van der Waals surface area contributed by atoms with Gasteiger partial charge in [-0.2, -0.15) is 0 Å². The van der Waals surface area contributed by atoms with Crippen LogP contribution in [0.2, 0.25) is 0 Å². The van der Waals surface area contributed by atoms with E-state index in [1.54, 1.807) is 6.20 Å². The molecule has 2 atom stereocenters. The highest BCUT2D eigenvalue weighted by molar-refractivity contribution is 8.14. The first-order chi connectivity index (χ1) is 9.26. The van der Waals surface area contributed by atoms with Gasteiger partial charge in [0.15, 0.2) is 5.17 Å². The van der Waals surface area contributed by atoms with Crippen molar-refractivity contribution in [2.45, 2.75) is 44.7 Å². The van der Waals surface area contributed by atoms with Crippen LogP contribution in [0.1, 0.15) is 32.6 Å². The van der Waals surface area contributed by atoms with E-state index in [1.165, 1.54) is 31.4 Å². The Morgan fingerprint density at radius 1 is 1.63 bits per heavy atom. The lowest BCUT2D eigenvalue weighted by Crippen LogP contribution is -2.47. The van der Waals surface area contributed by atoms with Crippen LogP contribution in [0.4, 0.5) is 0 Å². The normalized spacial score (nSPS) is 32.9. The van der Waals surface area contributed by atoms with Crippen molar-refractivity contribution in [3.63, 3.8) is 0 Å². The van der Waals surface area contributed by atoms with E-state index in [0.717, 1.165) is 24.2 Å². The van der Waals surface area contributed by atoms with Crippen LogP contribution in [0, 0.1) is 5.92 Å². The summed E-state index contributed by atoms with van der Waals surface area (Å²) in [6, 6.07) is 0. The molecule has 104 valence electrons. The van der Waals surface area contributed by atoms with Gasteiger partial charge in [-0.15, -0.1) is 5.10 Å². The third-order valence-electron chi connectivity index (χ3n) is 4.01. The molecule has 1 aromatic rings. The van der Waals surface area contributed by atoms with E-state index in [0.29, 0.717) is 5.54 Å². The number of aliphatic imine (C=N–C) groups is 1. The smallest absolute Gasteiger partial charge is 0.157 e. The largest absolute Gasteiger partial charge is 0.359 e. The lowest BCUT2D eigenvalue weighted by atomic mass is 9.78. The second-order valence-corrected chi connectivity index (χ2v) is 6.71. The molecule has 19 heavy (non-hydrogen) atoms.